The molecular weight excluding hydrogens is 297 g/mol. The molecule has 0 saturated heterocycles. The van der Waals surface area contributed by atoms with Gasteiger partial charge in [0.25, 0.3) is 0 Å². The molecule has 0 fully saturated rings. The minimum Gasteiger partial charge on any atom is -0.480 e. The fraction of sp³-hybridized carbons (Fsp3) is 0.222. The lowest BCUT2D eigenvalue weighted by molar-refractivity contribution is -0.141. The van der Waals surface area contributed by atoms with E-state index in [0.29, 0.717) is 0 Å². The van der Waals surface area contributed by atoms with Crippen molar-refractivity contribution >= 4 is 11.9 Å². The Labute approximate surface area is 134 Å². The predicted molar refractivity (Wildman–Crippen MR) is 84.5 cm³/mol. The molecule has 0 aromatic heterocycles. The van der Waals surface area contributed by atoms with Crippen molar-refractivity contribution in [1.82, 2.24) is 5.32 Å². The van der Waals surface area contributed by atoms with Crippen molar-refractivity contribution in [2.24, 2.45) is 0 Å². The second kappa shape index (κ2) is 7.54. The van der Waals surface area contributed by atoms with E-state index >= 15 is 0 Å². The third-order valence-electron chi connectivity index (χ3n) is 3.66. The molecule has 2 N–H and O–H groups in total. The van der Waals surface area contributed by atoms with Crippen LogP contribution in [-0.4, -0.2) is 23.0 Å². The molecule has 0 aliphatic rings. The Hall–Kier alpha value is -2.69. The summed E-state index contributed by atoms with van der Waals surface area (Å²) in [4.78, 5) is 23.6. The van der Waals surface area contributed by atoms with E-state index in [2.05, 4.69) is 5.32 Å². The van der Waals surface area contributed by atoms with Crippen LogP contribution in [0.25, 0.3) is 0 Å². The third-order valence-corrected chi connectivity index (χ3v) is 3.66. The molecule has 2 atom stereocenters. The number of aliphatic carboxylic acids is 1. The second-order valence-electron chi connectivity index (χ2n) is 5.33. The van der Waals surface area contributed by atoms with Gasteiger partial charge in [0.15, 0.2) is 0 Å². The summed E-state index contributed by atoms with van der Waals surface area (Å²) in [5.41, 5.74) is 1.05. The summed E-state index contributed by atoms with van der Waals surface area (Å²) in [7, 11) is 0. The molecule has 0 aliphatic heterocycles. The van der Waals surface area contributed by atoms with Crippen LogP contribution in [0, 0.1) is 5.82 Å². The highest BCUT2D eigenvalue weighted by Gasteiger charge is 2.25. The van der Waals surface area contributed by atoms with Gasteiger partial charge in [-0.05, 0) is 24.1 Å². The van der Waals surface area contributed by atoms with Gasteiger partial charge in [0.1, 0.15) is 11.9 Å². The molecule has 0 aliphatic carbocycles. The minimum atomic E-state index is -1.12. The summed E-state index contributed by atoms with van der Waals surface area (Å²) in [5, 5.41) is 11.8. The van der Waals surface area contributed by atoms with Crippen LogP contribution < -0.4 is 5.32 Å². The number of benzene rings is 2. The standard InChI is InChI=1S/C18H18FNO3/c1-12(14-9-5-6-10-15(14)19)17(21)20-16(18(22)23)11-13-7-3-2-4-8-13/h2-10,12,16H,11H2,1H3,(H,20,21)(H,22,23)/t12-,16+/m1/s1. The normalized spacial score (nSPS) is 13.1. The van der Waals surface area contributed by atoms with Crippen LogP contribution in [0.3, 0.4) is 0 Å². The smallest absolute Gasteiger partial charge is 0.326 e. The number of hydrogen-bond donors (Lipinski definition) is 2. The Kier molecular flexibility index (Phi) is 5.46. The van der Waals surface area contributed by atoms with Gasteiger partial charge in [-0.15, -0.1) is 0 Å². The van der Waals surface area contributed by atoms with E-state index in [4.69, 9.17) is 0 Å². The summed E-state index contributed by atoms with van der Waals surface area (Å²) < 4.78 is 13.7. The van der Waals surface area contributed by atoms with Gasteiger partial charge in [0.05, 0.1) is 5.92 Å². The van der Waals surface area contributed by atoms with Gasteiger partial charge in [-0.3, -0.25) is 4.79 Å². The number of nitrogens with one attached hydrogen (secondary N) is 1. The maximum Gasteiger partial charge on any atom is 0.326 e. The minimum absolute atomic E-state index is 0.173. The molecule has 120 valence electrons. The van der Waals surface area contributed by atoms with Gasteiger partial charge in [0, 0.05) is 6.42 Å². The number of rotatable bonds is 6. The zero-order valence-electron chi connectivity index (χ0n) is 12.7. The first kappa shape index (κ1) is 16.7. The van der Waals surface area contributed by atoms with E-state index in [9.17, 15) is 19.1 Å². The monoisotopic (exact) mass is 315 g/mol. The molecule has 0 unspecified atom stereocenters. The van der Waals surface area contributed by atoms with Crippen LogP contribution in [0.4, 0.5) is 4.39 Å². The molecule has 4 nitrogen and oxygen atoms in total. The van der Waals surface area contributed by atoms with Crippen molar-refractivity contribution in [2.75, 3.05) is 0 Å². The lowest BCUT2D eigenvalue weighted by Crippen LogP contribution is -2.44. The average molecular weight is 315 g/mol. The first-order valence-corrected chi connectivity index (χ1v) is 7.30. The Morgan fingerprint density at radius 1 is 1.09 bits per heavy atom. The molecule has 0 spiro atoms. The van der Waals surface area contributed by atoms with E-state index in [1.165, 1.54) is 12.1 Å². The van der Waals surface area contributed by atoms with Gasteiger partial charge >= 0.3 is 5.97 Å². The molecule has 0 heterocycles. The quantitative estimate of drug-likeness (QED) is 0.861. The van der Waals surface area contributed by atoms with Gasteiger partial charge in [-0.25, -0.2) is 9.18 Å². The van der Waals surface area contributed by atoms with E-state index in [1.807, 2.05) is 6.07 Å². The van der Waals surface area contributed by atoms with Crippen molar-refractivity contribution in [1.29, 1.82) is 0 Å². The molecule has 5 heteroatoms. The molecule has 2 rings (SSSR count). The number of carbonyl (C=O) groups excluding carboxylic acids is 1. The lowest BCUT2D eigenvalue weighted by Gasteiger charge is -2.18. The summed E-state index contributed by atoms with van der Waals surface area (Å²) in [6.45, 7) is 1.55. The summed E-state index contributed by atoms with van der Waals surface area (Å²) in [6.07, 6.45) is 0.173. The zero-order valence-corrected chi connectivity index (χ0v) is 12.7. The molecule has 2 aromatic carbocycles. The molecule has 0 bridgehead atoms. The van der Waals surface area contributed by atoms with Crippen LogP contribution in [0.2, 0.25) is 0 Å². The number of carboxylic acid groups (broad SMARTS) is 1. The number of hydrogen-bond acceptors (Lipinski definition) is 2. The van der Waals surface area contributed by atoms with E-state index in [1.54, 1.807) is 43.3 Å². The molecule has 0 radical (unpaired) electrons. The third kappa shape index (κ3) is 4.39. The van der Waals surface area contributed by atoms with Crippen molar-refractivity contribution in [3.05, 3.63) is 71.5 Å². The Bertz CT molecular complexity index is 688. The highest BCUT2D eigenvalue weighted by molar-refractivity contribution is 5.88. The first-order valence-electron chi connectivity index (χ1n) is 7.30. The second-order valence-corrected chi connectivity index (χ2v) is 5.33. The fourth-order valence-corrected chi connectivity index (χ4v) is 2.31. The lowest BCUT2D eigenvalue weighted by atomic mass is 9.98. The molecule has 2 aromatic rings. The van der Waals surface area contributed by atoms with Crippen molar-refractivity contribution in [2.45, 2.75) is 25.3 Å². The number of halogens is 1. The molecular formula is C18H18FNO3. The van der Waals surface area contributed by atoms with Crippen LogP contribution >= 0.6 is 0 Å². The zero-order chi connectivity index (χ0) is 16.8. The van der Waals surface area contributed by atoms with Gasteiger partial charge in [-0.1, -0.05) is 48.5 Å². The fourth-order valence-electron chi connectivity index (χ4n) is 2.31. The first-order chi connectivity index (χ1) is 11.0. The van der Waals surface area contributed by atoms with E-state index in [-0.39, 0.29) is 12.0 Å². The summed E-state index contributed by atoms with van der Waals surface area (Å²) in [6, 6.07) is 13.9. The summed E-state index contributed by atoms with van der Waals surface area (Å²) in [5.74, 6) is -2.89. The van der Waals surface area contributed by atoms with Crippen LogP contribution in [0.5, 0.6) is 0 Å². The molecule has 1 amide bonds. The van der Waals surface area contributed by atoms with Crippen LogP contribution in [0.1, 0.15) is 24.0 Å². The Balaban J connectivity index is 2.09. The van der Waals surface area contributed by atoms with E-state index in [0.717, 1.165) is 5.56 Å². The predicted octanol–water partition coefficient (Wildman–Crippen LogP) is 2.74. The largest absolute Gasteiger partial charge is 0.480 e. The molecule has 0 saturated carbocycles. The average Bonchev–Trinajstić information content (AvgIpc) is 2.55. The Morgan fingerprint density at radius 3 is 2.30 bits per heavy atom. The van der Waals surface area contributed by atoms with Gasteiger partial charge in [-0.2, -0.15) is 0 Å². The summed E-state index contributed by atoms with van der Waals surface area (Å²) >= 11 is 0. The number of carbonyl (C=O) groups is 2. The highest BCUT2D eigenvalue weighted by Crippen LogP contribution is 2.19. The van der Waals surface area contributed by atoms with E-state index < -0.39 is 29.7 Å². The van der Waals surface area contributed by atoms with Crippen molar-refractivity contribution in [3.8, 4) is 0 Å². The van der Waals surface area contributed by atoms with Crippen LogP contribution in [0.15, 0.2) is 54.6 Å². The maximum atomic E-state index is 13.7. The SMILES string of the molecule is C[C@@H](C(=O)N[C@@H](Cc1ccccc1)C(=O)O)c1ccccc1F. The maximum absolute atomic E-state index is 13.7. The van der Waals surface area contributed by atoms with Crippen molar-refractivity contribution < 1.29 is 19.1 Å². The highest BCUT2D eigenvalue weighted by atomic mass is 19.1. The van der Waals surface area contributed by atoms with Gasteiger partial charge < -0.3 is 10.4 Å². The molecule has 23 heavy (non-hydrogen) atoms. The Morgan fingerprint density at radius 2 is 1.70 bits per heavy atom. The number of amides is 1. The van der Waals surface area contributed by atoms with Gasteiger partial charge in [0.2, 0.25) is 5.91 Å². The van der Waals surface area contributed by atoms with Crippen LogP contribution in [-0.2, 0) is 16.0 Å². The topological polar surface area (TPSA) is 66.4 Å². The number of carboxylic acids is 1. The van der Waals surface area contributed by atoms with Crippen molar-refractivity contribution in [3.63, 3.8) is 0 Å².